The average molecular weight is 437 g/mol. The second-order valence-corrected chi connectivity index (χ2v) is 8.43. The molecular weight excluding hydrogens is 410 g/mol. The van der Waals surface area contributed by atoms with Gasteiger partial charge in [-0.05, 0) is 68.6 Å². The number of nitrogens with one attached hydrogen (secondary N) is 1. The molecule has 2 fully saturated rings. The Morgan fingerprint density at radius 2 is 1.71 bits per heavy atom. The first-order valence-electron chi connectivity index (χ1n) is 10.7. The number of anilines is 1. The van der Waals surface area contributed by atoms with Crippen molar-refractivity contribution in [3.05, 3.63) is 59.0 Å². The molecule has 0 atom stereocenters. The molecule has 2 aliphatic rings. The molecule has 168 valence electrons. The van der Waals surface area contributed by atoms with E-state index in [9.17, 15) is 17.6 Å². The van der Waals surface area contributed by atoms with Gasteiger partial charge in [0.05, 0.1) is 24.5 Å². The Morgan fingerprint density at radius 3 is 2.35 bits per heavy atom. The lowest BCUT2D eigenvalue weighted by molar-refractivity contribution is -0.137. The van der Waals surface area contributed by atoms with Gasteiger partial charge in [0.2, 0.25) is 0 Å². The van der Waals surface area contributed by atoms with Crippen molar-refractivity contribution in [3.63, 3.8) is 0 Å². The number of halogens is 4. The molecule has 3 heterocycles. The molecule has 1 aromatic carbocycles. The van der Waals surface area contributed by atoms with Gasteiger partial charge in [-0.15, -0.1) is 0 Å². The van der Waals surface area contributed by atoms with Crippen LogP contribution in [0.4, 0.5) is 23.4 Å². The lowest BCUT2D eigenvalue weighted by Crippen LogP contribution is -2.43. The van der Waals surface area contributed by atoms with Crippen molar-refractivity contribution < 1.29 is 22.3 Å². The SMILES string of the molecule is Fc1ccc(C2(COCc3cc(C(F)(F)F)cc(N4CCCC4)n3)CCNCC2)cc1. The molecule has 2 saturated heterocycles. The molecular formula is C23H27F4N3O. The predicted molar refractivity (Wildman–Crippen MR) is 111 cm³/mol. The first-order chi connectivity index (χ1) is 14.9. The number of ether oxygens (including phenoxy) is 1. The fraction of sp³-hybridized carbons (Fsp3) is 0.522. The van der Waals surface area contributed by atoms with E-state index in [1.807, 2.05) is 4.90 Å². The molecule has 0 saturated carbocycles. The molecule has 0 bridgehead atoms. The van der Waals surface area contributed by atoms with Crippen LogP contribution in [0, 0.1) is 5.82 Å². The second-order valence-electron chi connectivity index (χ2n) is 8.43. The predicted octanol–water partition coefficient (Wildman–Crippen LogP) is 4.68. The zero-order valence-electron chi connectivity index (χ0n) is 17.3. The van der Waals surface area contributed by atoms with Gasteiger partial charge >= 0.3 is 6.18 Å². The van der Waals surface area contributed by atoms with Crippen LogP contribution in [-0.2, 0) is 22.9 Å². The summed E-state index contributed by atoms with van der Waals surface area (Å²) in [6.45, 7) is 3.40. The van der Waals surface area contributed by atoms with Crippen molar-refractivity contribution in [2.75, 3.05) is 37.7 Å². The summed E-state index contributed by atoms with van der Waals surface area (Å²) in [6, 6.07) is 8.63. The van der Waals surface area contributed by atoms with Crippen molar-refractivity contribution in [3.8, 4) is 0 Å². The smallest absolute Gasteiger partial charge is 0.374 e. The highest BCUT2D eigenvalue weighted by Crippen LogP contribution is 2.35. The molecule has 0 amide bonds. The monoisotopic (exact) mass is 437 g/mol. The number of benzene rings is 1. The van der Waals surface area contributed by atoms with Crippen molar-refractivity contribution in [1.82, 2.24) is 10.3 Å². The van der Waals surface area contributed by atoms with Crippen LogP contribution in [0.15, 0.2) is 36.4 Å². The Bertz CT molecular complexity index is 873. The second kappa shape index (κ2) is 9.12. The van der Waals surface area contributed by atoms with Gasteiger partial charge in [-0.3, -0.25) is 0 Å². The van der Waals surface area contributed by atoms with Crippen LogP contribution in [0.5, 0.6) is 0 Å². The molecule has 0 aliphatic carbocycles. The molecule has 4 nitrogen and oxygen atoms in total. The summed E-state index contributed by atoms with van der Waals surface area (Å²) >= 11 is 0. The van der Waals surface area contributed by atoms with Crippen LogP contribution in [-0.4, -0.2) is 37.8 Å². The molecule has 1 aromatic heterocycles. The van der Waals surface area contributed by atoms with Crippen molar-refractivity contribution in [2.24, 2.45) is 0 Å². The van der Waals surface area contributed by atoms with Gasteiger partial charge in [0.15, 0.2) is 0 Å². The van der Waals surface area contributed by atoms with Crippen LogP contribution in [0.3, 0.4) is 0 Å². The minimum atomic E-state index is -4.43. The molecule has 1 N–H and O–H groups in total. The van der Waals surface area contributed by atoms with E-state index >= 15 is 0 Å². The molecule has 2 aliphatic heterocycles. The number of aromatic nitrogens is 1. The van der Waals surface area contributed by atoms with E-state index in [0.717, 1.165) is 69.6 Å². The maximum absolute atomic E-state index is 13.4. The standard InChI is InChI=1S/C23H27F4N3O/c24-19-5-3-17(4-6-19)22(7-9-28-10-8-22)16-31-15-20-13-18(23(25,26)27)14-21(29-20)30-11-1-2-12-30/h3-6,13-14,28H,1-2,7-12,15-16H2. The van der Waals surface area contributed by atoms with Gasteiger partial charge in [-0.25, -0.2) is 9.37 Å². The molecule has 2 aromatic rings. The maximum atomic E-state index is 13.4. The molecule has 0 spiro atoms. The summed E-state index contributed by atoms with van der Waals surface area (Å²) < 4.78 is 59.7. The molecule has 0 unspecified atom stereocenters. The molecule has 4 rings (SSSR count). The lowest BCUT2D eigenvalue weighted by atomic mass is 9.74. The summed E-state index contributed by atoms with van der Waals surface area (Å²) in [6.07, 6.45) is -0.895. The van der Waals surface area contributed by atoms with E-state index in [4.69, 9.17) is 4.74 Å². The summed E-state index contributed by atoms with van der Waals surface area (Å²) in [5.41, 5.74) is 0.279. The van der Waals surface area contributed by atoms with Gasteiger partial charge in [0, 0.05) is 18.5 Å². The number of rotatable bonds is 6. The van der Waals surface area contributed by atoms with E-state index in [1.165, 1.54) is 12.1 Å². The lowest BCUT2D eigenvalue weighted by Gasteiger charge is -2.38. The minimum absolute atomic E-state index is 0.00112. The number of hydrogen-bond acceptors (Lipinski definition) is 4. The number of hydrogen-bond donors (Lipinski definition) is 1. The molecule has 8 heteroatoms. The van der Waals surface area contributed by atoms with Gasteiger partial charge in [-0.2, -0.15) is 13.2 Å². The summed E-state index contributed by atoms with van der Waals surface area (Å²) in [5, 5.41) is 3.32. The van der Waals surface area contributed by atoms with Crippen molar-refractivity contribution in [2.45, 2.75) is 43.9 Å². The van der Waals surface area contributed by atoms with Gasteiger partial charge in [-0.1, -0.05) is 12.1 Å². The van der Waals surface area contributed by atoms with Gasteiger partial charge in [0.1, 0.15) is 11.6 Å². The van der Waals surface area contributed by atoms with Crippen LogP contribution in [0.1, 0.15) is 42.5 Å². The maximum Gasteiger partial charge on any atom is 0.416 e. The molecule has 31 heavy (non-hydrogen) atoms. The quantitative estimate of drug-likeness (QED) is 0.666. The highest BCUT2D eigenvalue weighted by Gasteiger charge is 2.35. The fourth-order valence-corrected chi connectivity index (χ4v) is 4.49. The Kier molecular flexibility index (Phi) is 6.48. The highest BCUT2D eigenvalue weighted by molar-refractivity contribution is 5.44. The van der Waals surface area contributed by atoms with Gasteiger partial charge in [0.25, 0.3) is 0 Å². The van der Waals surface area contributed by atoms with Gasteiger partial charge < -0.3 is 15.0 Å². The van der Waals surface area contributed by atoms with Crippen LogP contribution in [0.25, 0.3) is 0 Å². The molecule has 0 radical (unpaired) electrons. The third-order valence-electron chi connectivity index (χ3n) is 6.27. The number of piperidine rings is 1. The first kappa shape index (κ1) is 22.0. The zero-order valence-corrected chi connectivity index (χ0v) is 17.3. The Labute approximate surface area is 179 Å². The van der Waals surface area contributed by atoms with E-state index < -0.39 is 11.7 Å². The van der Waals surface area contributed by atoms with Crippen molar-refractivity contribution in [1.29, 1.82) is 0 Å². The van der Waals surface area contributed by atoms with E-state index in [0.29, 0.717) is 12.4 Å². The third-order valence-corrected chi connectivity index (χ3v) is 6.27. The number of pyridine rings is 1. The summed E-state index contributed by atoms with van der Waals surface area (Å²) in [7, 11) is 0. The Morgan fingerprint density at radius 1 is 1.03 bits per heavy atom. The fourth-order valence-electron chi connectivity index (χ4n) is 4.49. The average Bonchev–Trinajstić information content (AvgIpc) is 3.29. The third kappa shape index (κ3) is 5.18. The number of alkyl halides is 3. The normalized spacial score (nSPS) is 19.0. The largest absolute Gasteiger partial charge is 0.416 e. The summed E-state index contributed by atoms with van der Waals surface area (Å²) in [4.78, 5) is 6.35. The topological polar surface area (TPSA) is 37.4 Å². The van der Waals surface area contributed by atoms with Crippen LogP contribution < -0.4 is 10.2 Å². The Hall–Kier alpha value is -2.19. The van der Waals surface area contributed by atoms with E-state index in [2.05, 4.69) is 10.3 Å². The zero-order chi connectivity index (χ0) is 21.9. The van der Waals surface area contributed by atoms with E-state index in [-0.39, 0.29) is 23.5 Å². The highest BCUT2D eigenvalue weighted by atomic mass is 19.4. The Balaban J connectivity index is 1.52. The number of nitrogens with zero attached hydrogens (tertiary/aromatic N) is 2. The van der Waals surface area contributed by atoms with E-state index in [1.54, 1.807) is 12.1 Å². The van der Waals surface area contributed by atoms with Crippen LogP contribution >= 0.6 is 0 Å². The van der Waals surface area contributed by atoms with Crippen molar-refractivity contribution >= 4 is 5.82 Å². The summed E-state index contributed by atoms with van der Waals surface area (Å²) in [5.74, 6) is 0.0670. The first-order valence-corrected chi connectivity index (χ1v) is 10.7. The minimum Gasteiger partial charge on any atom is -0.374 e. The van der Waals surface area contributed by atoms with Crippen LogP contribution in [0.2, 0.25) is 0 Å².